The van der Waals surface area contributed by atoms with Crippen LogP contribution >= 0.6 is 11.6 Å². The molecule has 162 valence electrons. The van der Waals surface area contributed by atoms with Gasteiger partial charge in [-0.15, -0.1) is 15.0 Å². The molecular weight excluding hydrogens is 424 g/mol. The number of alkyl carbamates (subject to hydrolysis) is 1. The predicted octanol–water partition coefficient (Wildman–Crippen LogP) is 3.25. The largest absolute Gasteiger partial charge is 0.478 e. The second kappa shape index (κ2) is 9.59. The van der Waals surface area contributed by atoms with Gasteiger partial charge in [0.1, 0.15) is 11.0 Å². The van der Waals surface area contributed by atoms with Crippen LogP contribution in [-0.2, 0) is 9.53 Å². The van der Waals surface area contributed by atoms with Crippen LogP contribution in [0.1, 0.15) is 25.5 Å². The minimum absolute atomic E-state index is 0.421. The van der Waals surface area contributed by atoms with Gasteiger partial charge in [-0.1, -0.05) is 29.8 Å². The molecule has 31 heavy (non-hydrogen) atoms. The topological polar surface area (TPSA) is 127 Å². The van der Waals surface area contributed by atoms with Gasteiger partial charge in [-0.05, 0) is 43.7 Å². The SMILES string of the molecule is C/C(=C\C(=O)O)C(C)NC(=O)OC(CO)c1ccc(Cl)cc1-n1nc2ccccc2n1. The number of aliphatic hydroxyl groups is 1. The Balaban J connectivity index is 1.86. The highest BCUT2D eigenvalue weighted by molar-refractivity contribution is 6.30. The minimum atomic E-state index is -1.11. The first kappa shape index (κ1) is 22.3. The molecular formula is C21H21ClN4O5. The van der Waals surface area contributed by atoms with Crippen LogP contribution in [0.3, 0.4) is 0 Å². The number of ether oxygens (including phenoxy) is 1. The Bertz CT molecular complexity index is 1110. The first-order chi connectivity index (χ1) is 14.8. The van der Waals surface area contributed by atoms with Crippen LogP contribution in [-0.4, -0.2) is 49.9 Å². The number of hydrogen-bond acceptors (Lipinski definition) is 6. The first-order valence-electron chi connectivity index (χ1n) is 9.39. The van der Waals surface area contributed by atoms with Crippen LogP contribution in [0.5, 0.6) is 0 Å². The van der Waals surface area contributed by atoms with Gasteiger partial charge < -0.3 is 20.3 Å². The number of nitrogens with one attached hydrogen (secondary N) is 1. The third-order valence-electron chi connectivity index (χ3n) is 4.63. The number of carboxylic acid groups (broad SMARTS) is 1. The van der Waals surface area contributed by atoms with Gasteiger partial charge in [0, 0.05) is 16.7 Å². The summed E-state index contributed by atoms with van der Waals surface area (Å²) < 4.78 is 5.40. The lowest BCUT2D eigenvalue weighted by molar-refractivity contribution is -0.131. The Hall–Kier alpha value is -3.43. The molecule has 0 aliphatic carbocycles. The number of carboxylic acids is 1. The summed E-state index contributed by atoms with van der Waals surface area (Å²) in [4.78, 5) is 24.5. The molecule has 3 aromatic rings. The van der Waals surface area contributed by atoms with Crippen molar-refractivity contribution in [3.63, 3.8) is 0 Å². The number of carbonyl (C=O) groups excluding carboxylic acids is 1. The van der Waals surface area contributed by atoms with E-state index >= 15 is 0 Å². The highest BCUT2D eigenvalue weighted by Gasteiger charge is 2.23. The van der Waals surface area contributed by atoms with Crippen molar-refractivity contribution in [1.29, 1.82) is 0 Å². The molecule has 9 nitrogen and oxygen atoms in total. The van der Waals surface area contributed by atoms with Gasteiger partial charge >= 0.3 is 12.1 Å². The van der Waals surface area contributed by atoms with Crippen LogP contribution in [0, 0.1) is 0 Å². The second-order valence-corrected chi connectivity index (χ2v) is 7.29. The van der Waals surface area contributed by atoms with Crippen molar-refractivity contribution in [3.8, 4) is 5.69 Å². The van der Waals surface area contributed by atoms with Crippen molar-refractivity contribution in [2.45, 2.75) is 26.0 Å². The maximum atomic E-state index is 12.4. The molecule has 2 atom stereocenters. The van der Waals surface area contributed by atoms with E-state index in [1.54, 1.807) is 32.0 Å². The molecule has 0 radical (unpaired) electrons. The number of halogens is 1. The zero-order valence-electron chi connectivity index (χ0n) is 16.8. The fourth-order valence-electron chi connectivity index (χ4n) is 2.90. The number of aliphatic hydroxyl groups excluding tert-OH is 1. The molecule has 3 N–H and O–H groups in total. The maximum Gasteiger partial charge on any atom is 0.408 e. The number of nitrogens with zero attached hydrogens (tertiary/aromatic N) is 3. The van der Waals surface area contributed by atoms with Crippen LogP contribution in [0.2, 0.25) is 5.02 Å². The molecule has 0 aliphatic heterocycles. The Morgan fingerprint density at radius 1 is 1.23 bits per heavy atom. The van der Waals surface area contributed by atoms with Crippen LogP contribution in [0.4, 0.5) is 4.79 Å². The molecule has 0 saturated carbocycles. The molecule has 2 unspecified atom stereocenters. The van der Waals surface area contributed by atoms with Crippen LogP contribution in [0.15, 0.2) is 54.1 Å². The zero-order chi connectivity index (χ0) is 22.5. The van der Waals surface area contributed by atoms with Crippen molar-refractivity contribution in [2.24, 2.45) is 0 Å². The summed E-state index contributed by atoms with van der Waals surface area (Å²) >= 11 is 6.16. The molecule has 1 aromatic heterocycles. The highest BCUT2D eigenvalue weighted by Crippen LogP contribution is 2.27. The predicted molar refractivity (Wildman–Crippen MR) is 114 cm³/mol. The number of benzene rings is 2. The molecule has 2 aromatic carbocycles. The van der Waals surface area contributed by atoms with Gasteiger partial charge in [-0.2, -0.15) is 0 Å². The van der Waals surface area contributed by atoms with Crippen molar-refractivity contribution in [3.05, 3.63) is 64.7 Å². The van der Waals surface area contributed by atoms with E-state index in [1.807, 2.05) is 24.3 Å². The van der Waals surface area contributed by atoms with E-state index < -0.39 is 30.8 Å². The number of carbonyl (C=O) groups is 2. The van der Waals surface area contributed by atoms with E-state index in [4.69, 9.17) is 21.4 Å². The average Bonchev–Trinajstić information content (AvgIpc) is 3.15. The summed E-state index contributed by atoms with van der Waals surface area (Å²) in [5.74, 6) is -1.11. The molecule has 0 bridgehead atoms. The lowest BCUT2D eigenvalue weighted by Gasteiger charge is -2.21. The zero-order valence-corrected chi connectivity index (χ0v) is 17.6. The molecule has 1 heterocycles. The molecule has 0 spiro atoms. The Morgan fingerprint density at radius 2 is 1.87 bits per heavy atom. The summed E-state index contributed by atoms with van der Waals surface area (Å²) in [5, 5.41) is 30.5. The van der Waals surface area contributed by atoms with Crippen molar-refractivity contribution >= 4 is 34.7 Å². The highest BCUT2D eigenvalue weighted by atomic mass is 35.5. The van der Waals surface area contributed by atoms with E-state index in [0.29, 0.717) is 32.9 Å². The van der Waals surface area contributed by atoms with E-state index in [-0.39, 0.29) is 0 Å². The van der Waals surface area contributed by atoms with E-state index in [0.717, 1.165) is 6.08 Å². The minimum Gasteiger partial charge on any atom is -0.478 e. The Kier molecular flexibility index (Phi) is 6.88. The van der Waals surface area contributed by atoms with Crippen molar-refractivity contribution in [1.82, 2.24) is 20.3 Å². The standard InChI is InChI=1S/C21H21ClN4O5/c1-12(9-20(28)29)13(2)23-21(30)31-19(11-27)15-8-7-14(22)10-18(15)26-24-16-5-3-4-6-17(16)25-26/h3-10,13,19,27H,11H2,1-2H3,(H,23,30)(H,28,29)/b12-9+. The summed E-state index contributed by atoms with van der Waals surface area (Å²) in [6, 6.07) is 11.6. The molecule has 1 amide bonds. The average molecular weight is 445 g/mol. The van der Waals surface area contributed by atoms with Crippen LogP contribution < -0.4 is 5.32 Å². The van der Waals surface area contributed by atoms with E-state index in [1.165, 1.54) is 4.80 Å². The summed E-state index contributed by atoms with van der Waals surface area (Å²) in [5.41, 5.74) is 2.67. The fourth-order valence-corrected chi connectivity index (χ4v) is 3.07. The van der Waals surface area contributed by atoms with Gasteiger partial charge in [-0.25, -0.2) is 9.59 Å². The third kappa shape index (κ3) is 5.39. The van der Waals surface area contributed by atoms with Gasteiger partial charge in [-0.3, -0.25) is 0 Å². The van der Waals surface area contributed by atoms with Crippen LogP contribution in [0.25, 0.3) is 16.7 Å². The maximum absolute atomic E-state index is 12.4. The molecule has 3 rings (SSSR count). The van der Waals surface area contributed by atoms with Gasteiger partial charge in [0.05, 0.1) is 18.3 Å². The number of aliphatic carboxylic acids is 1. The lowest BCUT2D eigenvalue weighted by atomic mass is 10.1. The van der Waals surface area contributed by atoms with E-state index in [9.17, 15) is 14.7 Å². The number of rotatable bonds is 7. The Labute approximate surface area is 182 Å². The number of aromatic nitrogens is 3. The smallest absolute Gasteiger partial charge is 0.408 e. The summed E-state index contributed by atoms with van der Waals surface area (Å²) in [6.07, 6.45) is -0.846. The van der Waals surface area contributed by atoms with Gasteiger partial charge in [0.15, 0.2) is 6.10 Å². The molecule has 0 fully saturated rings. The summed E-state index contributed by atoms with van der Waals surface area (Å²) in [7, 11) is 0. The number of fused-ring (bicyclic) bond motifs is 1. The number of amides is 1. The summed E-state index contributed by atoms with van der Waals surface area (Å²) in [6.45, 7) is 2.70. The normalized spacial score (nSPS) is 13.6. The van der Waals surface area contributed by atoms with E-state index in [2.05, 4.69) is 15.5 Å². The fraction of sp³-hybridized carbons (Fsp3) is 0.238. The monoisotopic (exact) mass is 444 g/mol. The van der Waals surface area contributed by atoms with Gasteiger partial charge in [0.2, 0.25) is 0 Å². The number of hydrogen-bond donors (Lipinski definition) is 3. The third-order valence-corrected chi connectivity index (χ3v) is 4.86. The molecule has 0 aliphatic rings. The Morgan fingerprint density at radius 3 is 2.45 bits per heavy atom. The molecule has 0 saturated heterocycles. The van der Waals surface area contributed by atoms with Crippen molar-refractivity contribution < 1.29 is 24.5 Å². The second-order valence-electron chi connectivity index (χ2n) is 6.85. The molecule has 10 heteroatoms. The van der Waals surface area contributed by atoms with Crippen molar-refractivity contribution in [2.75, 3.05) is 6.61 Å². The first-order valence-corrected chi connectivity index (χ1v) is 9.77. The lowest BCUT2D eigenvalue weighted by Crippen LogP contribution is -2.35. The van der Waals surface area contributed by atoms with Gasteiger partial charge in [0.25, 0.3) is 0 Å². The quantitative estimate of drug-likeness (QED) is 0.477.